The van der Waals surface area contributed by atoms with Gasteiger partial charge in [0.05, 0.1) is 4.90 Å². The van der Waals surface area contributed by atoms with Crippen LogP contribution in [-0.2, 0) is 14.8 Å². The van der Waals surface area contributed by atoms with Crippen LogP contribution >= 0.6 is 34.8 Å². The van der Waals surface area contributed by atoms with Crippen LogP contribution in [-0.4, -0.2) is 24.9 Å². The number of ether oxygens (including phenoxy) is 1. The van der Waals surface area contributed by atoms with Crippen LogP contribution in [0.5, 0.6) is 0 Å². The lowest BCUT2D eigenvalue weighted by molar-refractivity contribution is 0.155. The Morgan fingerprint density at radius 2 is 1.79 bits per heavy atom. The van der Waals surface area contributed by atoms with Gasteiger partial charge in [0, 0.05) is 0 Å². The van der Waals surface area contributed by atoms with Crippen LogP contribution in [0.4, 0.5) is 4.79 Å². The van der Waals surface area contributed by atoms with Crippen molar-refractivity contribution in [2.75, 3.05) is 6.61 Å². The Balaban J connectivity index is 2.70. The van der Waals surface area contributed by atoms with Crippen molar-refractivity contribution in [3.05, 3.63) is 29.8 Å². The molecule has 0 spiro atoms. The van der Waals surface area contributed by atoms with E-state index in [0.29, 0.717) is 0 Å². The molecular formula is C10H10Cl3NO4S. The zero-order valence-electron chi connectivity index (χ0n) is 9.69. The Morgan fingerprint density at radius 3 is 2.26 bits per heavy atom. The normalized spacial score (nSPS) is 12.0. The second-order valence-electron chi connectivity index (χ2n) is 3.61. The number of carbonyl (C=O) groups is 1. The Morgan fingerprint density at radius 1 is 1.26 bits per heavy atom. The van der Waals surface area contributed by atoms with E-state index in [9.17, 15) is 13.2 Å². The number of hydrogen-bond donors (Lipinski definition) is 1. The number of rotatable bonds is 3. The molecule has 0 unspecified atom stereocenters. The first-order valence-electron chi connectivity index (χ1n) is 4.93. The molecule has 1 aromatic rings. The number of sulfonamides is 1. The third kappa shape index (κ3) is 5.86. The lowest BCUT2D eigenvalue weighted by Crippen LogP contribution is -2.33. The highest BCUT2D eigenvalue weighted by molar-refractivity contribution is 7.90. The van der Waals surface area contributed by atoms with Crippen molar-refractivity contribution in [1.82, 2.24) is 4.72 Å². The van der Waals surface area contributed by atoms with Gasteiger partial charge in [-0.3, -0.25) is 0 Å². The van der Waals surface area contributed by atoms with E-state index in [2.05, 4.69) is 4.74 Å². The molecule has 0 saturated carbocycles. The summed E-state index contributed by atoms with van der Waals surface area (Å²) in [7, 11) is -4.00. The van der Waals surface area contributed by atoms with Gasteiger partial charge in [-0.2, -0.15) is 0 Å². The molecule has 106 valence electrons. The van der Waals surface area contributed by atoms with E-state index in [-0.39, 0.29) is 4.90 Å². The largest absolute Gasteiger partial charge is 0.444 e. The third-order valence-electron chi connectivity index (χ3n) is 1.92. The van der Waals surface area contributed by atoms with Crippen LogP contribution in [0.3, 0.4) is 0 Å². The van der Waals surface area contributed by atoms with Crippen LogP contribution in [0.25, 0.3) is 0 Å². The molecule has 5 nitrogen and oxygen atoms in total. The molecule has 0 aromatic heterocycles. The summed E-state index contributed by atoms with van der Waals surface area (Å²) in [6, 6.07) is 5.92. The molecule has 0 bridgehead atoms. The number of benzene rings is 1. The van der Waals surface area contributed by atoms with Crippen molar-refractivity contribution in [1.29, 1.82) is 0 Å². The van der Waals surface area contributed by atoms with Crippen LogP contribution < -0.4 is 4.72 Å². The smallest absolute Gasteiger partial charge is 0.421 e. The first kappa shape index (κ1) is 16.4. The van der Waals surface area contributed by atoms with E-state index in [1.165, 1.54) is 12.1 Å². The van der Waals surface area contributed by atoms with E-state index in [0.717, 1.165) is 5.56 Å². The summed E-state index contributed by atoms with van der Waals surface area (Å²) < 4.78 is 27.9. The minimum absolute atomic E-state index is 0.0658. The number of aryl methyl sites for hydroxylation is 1. The zero-order chi connectivity index (χ0) is 14.7. The Hall–Kier alpha value is -0.690. The lowest BCUT2D eigenvalue weighted by Gasteiger charge is -2.12. The van der Waals surface area contributed by atoms with Gasteiger partial charge in [0.1, 0.15) is 6.61 Å². The van der Waals surface area contributed by atoms with Crippen LogP contribution in [0.2, 0.25) is 0 Å². The van der Waals surface area contributed by atoms with Gasteiger partial charge in [-0.1, -0.05) is 52.5 Å². The van der Waals surface area contributed by atoms with Gasteiger partial charge in [0.25, 0.3) is 10.0 Å². The Kier molecular flexibility index (Phi) is 5.32. The average Bonchev–Trinajstić information content (AvgIpc) is 2.25. The number of amides is 1. The maximum atomic E-state index is 11.8. The van der Waals surface area contributed by atoms with Crippen LogP contribution in [0.15, 0.2) is 29.2 Å². The minimum atomic E-state index is -4.00. The minimum Gasteiger partial charge on any atom is -0.444 e. The van der Waals surface area contributed by atoms with Gasteiger partial charge in [0.15, 0.2) is 0 Å². The zero-order valence-corrected chi connectivity index (χ0v) is 12.8. The van der Waals surface area contributed by atoms with E-state index in [4.69, 9.17) is 34.8 Å². The maximum absolute atomic E-state index is 11.8. The SMILES string of the molecule is Cc1ccc(S(=O)(=O)NC(=O)OCC(Cl)(Cl)Cl)cc1. The molecule has 1 amide bonds. The molecule has 0 atom stereocenters. The molecule has 0 saturated heterocycles. The summed E-state index contributed by atoms with van der Waals surface area (Å²) in [6.45, 7) is 1.24. The predicted molar refractivity (Wildman–Crippen MR) is 73.1 cm³/mol. The van der Waals surface area contributed by atoms with Crippen molar-refractivity contribution in [2.45, 2.75) is 15.6 Å². The first-order valence-corrected chi connectivity index (χ1v) is 7.55. The van der Waals surface area contributed by atoms with E-state index < -0.39 is 26.5 Å². The first-order chi connectivity index (χ1) is 8.60. The van der Waals surface area contributed by atoms with Gasteiger partial charge < -0.3 is 4.74 Å². The van der Waals surface area contributed by atoms with Gasteiger partial charge in [-0.15, -0.1) is 0 Å². The van der Waals surface area contributed by atoms with E-state index in [1.807, 2.05) is 0 Å². The number of halogens is 3. The molecule has 0 fully saturated rings. The highest BCUT2D eigenvalue weighted by atomic mass is 35.6. The molecule has 0 aliphatic rings. The second-order valence-corrected chi connectivity index (χ2v) is 7.81. The molecule has 1 aromatic carbocycles. The van der Waals surface area contributed by atoms with Crippen molar-refractivity contribution >= 4 is 50.9 Å². The van der Waals surface area contributed by atoms with Crippen LogP contribution in [0.1, 0.15) is 5.56 Å². The van der Waals surface area contributed by atoms with Crippen molar-refractivity contribution in [3.8, 4) is 0 Å². The number of hydrogen-bond acceptors (Lipinski definition) is 4. The number of nitrogens with one attached hydrogen (secondary N) is 1. The van der Waals surface area contributed by atoms with Gasteiger partial charge in [-0.05, 0) is 19.1 Å². The standard InChI is InChI=1S/C10H10Cl3NO4S/c1-7-2-4-8(5-3-7)19(16,17)14-9(15)18-6-10(11,12)13/h2-5H,6H2,1H3,(H,14,15). The number of carbonyl (C=O) groups excluding carboxylic acids is 1. The Bertz CT molecular complexity index is 551. The molecule has 0 aliphatic carbocycles. The summed E-state index contributed by atoms with van der Waals surface area (Å²) in [5.74, 6) is 0. The lowest BCUT2D eigenvalue weighted by atomic mass is 10.2. The molecule has 0 aliphatic heterocycles. The van der Waals surface area contributed by atoms with Crippen molar-refractivity contribution < 1.29 is 17.9 Å². The quantitative estimate of drug-likeness (QED) is 0.854. The fourth-order valence-corrected chi connectivity index (χ4v) is 2.12. The summed E-state index contributed by atoms with van der Waals surface area (Å²) in [5.41, 5.74) is 0.887. The molecule has 0 heterocycles. The second kappa shape index (κ2) is 6.17. The molecule has 0 radical (unpaired) electrons. The highest BCUT2D eigenvalue weighted by Gasteiger charge is 2.24. The predicted octanol–water partition coefficient (Wildman–Crippen LogP) is 2.78. The highest BCUT2D eigenvalue weighted by Crippen LogP contribution is 2.25. The molecule has 1 rings (SSSR count). The average molecular weight is 347 g/mol. The Labute approximate surface area is 125 Å². The fraction of sp³-hybridized carbons (Fsp3) is 0.300. The maximum Gasteiger partial charge on any atom is 0.421 e. The fourth-order valence-electron chi connectivity index (χ4n) is 1.06. The molecule has 19 heavy (non-hydrogen) atoms. The van der Waals surface area contributed by atoms with Crippen molar-refractivity contribution in [3.63, 3.8) is 0 Å². The van der Waals surface area contributed by atoms with Gasteiger partial charge in [-0.25, -0.2) is 17.9 Å². The topological polar surface area (TPSA) is 72.5 Å². The molecule has 9 heteroatoms. The summed E-state index contributed by atoms with van der Waals surface area (Å²) in [6.07, 6.45) is -1.22. The number of alkyl halides is 3. The van der Waals surface area contributed by atoms with Gasteiger partial charge in [0.2, 0.25) is 3.79 Å². The monoisotopic (exact) mass is 345 g/mol. The van der Waals surface area contributed by atoms with Crippen molar-refractivity contribution in [2.24, 2.45) is 0 Å². The van der Waals surface area contributed by atoms with Gasteiger partial charge >= 0.3 is 6.09 Å². The third-order valence-corrected chi connectivity index (χ3v) is 3.57. The van der Waals surface area contributed by atoms with Crippen LogP contribution in [0, 0.1) is 6.92 Å². The molecule has 1 N–H and O–H groups in total. The summed E-state index contributed by atoms with van der Waals surface area (Å²) in [4.78, 5) is 11.2. The van der Waals surface area contributed by atoms with E-state index in [1.54, 1.807) is 23.8 Å². The summed E-state index contributed by atoms with van der Waals surface area (Å²) in [5, 5.41) is 0. The summed E-state index contributed by atoms with van der Waals surface area (Å²) >= 11 is 16.1. The van der Waals surface area contributed by atoms with E-state index >= 15 is 0 Å². The molecular weight excluding hydrogens is 337 g/mol.